The van der Waals surface area contributed by atoms with Gasteiger partial charge in [-0.25, -0.2) is 4.98 Å². The largest absolute Gasteiger partial charge is 0.365 e. The Morgan fingerprint density at radius 2 is 1.90 bits per heavy atom. The second kappa shape index (κ2) is 10.1. The molecule has 4 aromatic rings. The minimum absolute atomic E-state index is 0.232. The van der Waals surface area contributed by atoms with Gasteiger partial charge in [-0.1, -0.05) is 35.9 Å². The molecule has 4 rings (SSSR count). The van der Waals surface area contributed by atoms with E-state index in [4.69, 9.17) is 11.6 Å². The van der Waals surface area contributed by atoms with Gasteiger partial charge in [-0.05, 0) is 29.1 Å². The number of hydrogen-bond acceptors (Lipinski definition) is 6. The van der Waals surface area contributed by atoms with Crippen LogP contribution in [0.2, 0.25) is 5.15 Å². The van der Waals surface area contributed by atoms with E-state index in [1.807, 2.05) is 36.5 Å². The molecule has 0 saturated carbocycles. The highest BCUT2D eigenvalue weighted by atomic mass is 35.5. The average Bonchev–Trinajstić information content (AvgIpc) is 2.81. The molecule has 2 N–H and O–H groups in total. The third-order valence-electron chi connectivity index (χ3n) is 5.01. The quantitative estimate of drug-likeness (QED) is 0.393. The van der Waals surface area contributed by atoms with E-state index < -0.39 is 0 Å². The zero-order valence-electron chi connectivity index (χ0n) is 17.0. The number of halogens is 1. The Kier molecular flexibility index (Phi) is 6.86. The monoisotopic (exact) mass is 434 g/mol. The topological polar surface area (TPSA) is 84.7 Å². The Hall–Kier alpha value is -3.29. The second-order valence-corrected chi connectivity index (χ2v) is 7.46. The van der Waals surface area contributed by atoms with Crippen molar-refractivity contribution in [2.45, 2.75) is 19.5 Å². The number of rotatable bonds is 9. The van der Waals surface area contributed by atoms with Gasteiger partial charge in [0.1, 0.15) is 5.15 Å². The SMILES string of the molecule is O=c1c(NCCc2ccccn2)ncc(Cl)n1CCNCc1cccc2ccncc12. The van der Waals surface area contributed by atoms with Gasteiger partial charge >= 0.3 is 0 Å². The van der Waals surface area contributed by atoms with Gasteiger partial charge in [-0.3, -0.25) is 19.3 Å². The molecule has 0 bridgehead atoms. The van der Waals surface area contributed by atoms with E-state index in [-0.39, 0.29) is 5.56 Å². The van der Waals surface area contributed by atoms with E-state index in [0.717, 1.165) is 22.0 Å². The lowest BCUT2D eigenvalue weighted by Crippen LogP contribution is -2.30. The van der Waals surface area contributed by atoms with Gasteiger partial charge in [0.2, 0.25) is 0 Å². The molecule has 31 heavy (non-hydrogen) atoms. The summed E-state index contributed by atoms with van der Waals surface area (Å²) in [4.78, 5) is 25.4. The molecule has 3 heterocycles. The average molecular weight is 435 g/mol. The van der Waals surface area contributed by atoms with E-state index >= 15 is 0 Å². The molecule has 1 aromatic carbocycles. The highest BCUT2D eigenvalue weighted by Crippen LogP contribution is 2.17. The molecule has 0 atom stereocenters. The van der Waals surface area contributed by atoms with Gasteiger partial charge in [0.15, 0.2) is 5.82 Å². The summed E-state index contributed by atoms with van der Waals surface area (Å²) in [6, 6.07) is 13.9. The minimum atomic E-state index is -0.232. The Bertz CT molecular complexity index is 1210. The molecule has 0 spiro atoms. The zero-order chi connectivity index (χ0) is 21.5. The smallest absolute Gasteiger partial charge is 0.294 e. The van der Waals surface area contributed by atoms with Crippen LogP contribution in [0.1, 0.15) is 11.3 Å². The van der Waals surface area contributed by atoms with Gasteiger partial charge < -0.3 is 10.6 Å². The summed E-state index contributed by atoms with van der Waals surface area (Å²) in [6.45, 7) is 2.27. The summed E-state index contributed by atoms with van der Waals surface area (Å²) in [6.07, 6.45) is 7.62. The van der Waals surface area contributed by atoms with Crippen LogP contribution >= 0.6 is 11.6 Å². The molecule has 3 aromatic heterocycles. The lowest BCUT2D eigenvalue weighted by molar-refractivity contribution is 0.585. The number of hydrogen-bond donors (Lipinski definition) is 2. The Balaban J connectivity index is 1.34. The summed E-state index contributed by atoms with van der Waals surface area (Å²) in [5.74, 6) is 0.292. The van der Waals surface area contributed by atoms with Crippen molar-refractivity contribution in [1.82, 2.24) is 24.8 Å². The van der Waals surface area contributed by atoms with Crippen LogP contribution in [0, 0.1) is 0 Å². The number of nitrogens with zero attached hydrogens (tertiary/aromatic N) is 4. The van der Waals surface area contributed by atoms with Crippen molar-refractivity contribution in [2.24, 2.45) is 0 Å². The molecule has 7 nitrogen and oxygen atoms in total. The molecule has 0 aliphatic heterocycles. The lowest BCUT2D eigenvalue weighted by atomic mass is 10.1. The van der Waals surface area contributed by atoms with Crippen molar-refractivity contribution in [3.8, 4) is 0 Å². The predicted octanol–water partition coefficient (Wildman–Crippen LogP) is 3.28. The van der Waals surface area contributed by atoms with Crippen LogP contribution in [0.25, 0.3) is 10.8 Å². The number of anilines is 1. The van der Waals surface area contributed by atoms with Gasteiger partial charge in [0.05, 0.1) is 6.20 Å². The number of pyridine rings is 2. The predicted molar refractivity (Wildman–Crippen MR) is 123 cm³/mol. The molecular weight excluding hydrogens is 412 g/mol. The second-order valence-electron chi connectivity index (χ2n) is 7.07. The van der Waals surface area contributed by atoms with E-state index in [1.165, 1.54) is 10.8 Å². The van der Waals surface area contributed by atoms with Crippen LogP contribution in [0.5, 0.6) is 0 Å². The zero-order valence-corrected chi connectivity index (χ0v) is 17.7. The molecule has 158 valence electrons. The fraction of sp³-hybridized carbons (Fsp3) is 0.217. The Morgan fingerprint density at radius 3 is 2.77 bits per heavy atom. The third kappa shape index (κ3) is 5.25. The molecule has 0 unspecified atom stereocenters. The van der Waals surface area contributed by atoms with Crippen LogP contribution in [0.4, 0.5) is 5.82 Å². The first kappa shape index (κ1) is 21.0. The molecule has 0 aliphatic rings. The number of aromatic nitrogens is 4. The number of nitrogens with one attached hydrogen (secondary N) is 2. The first-order valence-corrected chi connectivity index (χ1v) is 10.5. The maximum atomic E-state index is 12.8. The van der Waals surface area contributed by atoms with E-state index in [0.29, 0.717) is 43.6 Å². The van der Waals surface area contributed by atoms with Gasteiger partial charge in [-0.2, -0.15) is 0 Å². The third-order valence-corrected chi connectivity index (χ3v) is 5.31. The Labute approximate surface area is 185 Å². The molecule has 0 aliphatic carbocycles. The summed E-state index contributed by atoms with van der Waals surface area (Å²) < 4.78 is 1.52. The van der Waals surface area contributed by atoms with E-state index in [9.17, 15) is 4.79 Å². The number of fused-ring (bicyclic) bond motifs is 1. The normalized spacial score (nSPS) is 11.0. The van der Waals surface area contributed by atoms with Crippen molar-refractivity contribution in [3.05, 3.63) is 94.0 Å². The highest BCUT2D eigenvalue weighted by molar-refractivity contribution is 6.29. The standard InChI is InChI=1S/C23H23ClN6O/c24-21-16-29-22(28-11-8-19-6-1-2-9-27-19)23(31)30(21)13-12-26-14-18-5-3-4-17-7-10-25-15-20(17)18/h1-7,9-10,15-16,26H,8,11-14H2,(H,28,29). The highest BCUT2D eigenvalue weighted by Gasteiger charge is 2.09. The van der Waals surface area contributed by atoms with Crippen LogP contribution in [0.15, 0.2) is 72.0 Å². The van der Waals surface area contributed by atoms with Crippen molar-refractivity contribution in [2.75, 3.05) is 18.4 Å². The Morgan fingerprint density at radius 1 is 0.968 bits per heavy atom. The summed E-state index contributed by atoms with van der Waals surface area (Å²) in [5, 5.41) is 9.07. The van der Waals surface area contributed by atoms with Gasteiger partial charge in [-0.15, -0.1) is 0 Å². The molecular formula is C23H23ClN6O. The fourth-order valence-electron chi connectivity index (χ4n) is 3.40. The van der Waals surface area contributed by atoms with Crippen LogP contribution < -0.4 is 16.2 Å². The molecule has 0 saturated heterocycles. The summed E-state index contributed by atoms with van der Waals surface area (Å²) in [7, 11) is 0. The van der Waals surface area contributed by atoms with Crippen molar-refractivity contribution in [1.29, 1.82) is 0 Å². The molecule has 0 radical (unpaired) electrons. The first-order valence-electron chi connectivity index (χ1n) is 10.1. The van der Waals surface area contributed by atoms with Gasteiger partial charge in [0, 0.05) is 62.3 Å². The summed E-state index contributed by atoms with van der Waals surface area (Å²) >= 11 is 6.23. The van der Waals surface area contributed by atoms with E-state index in [1.54, 1.807) is 12.4 Å². The van der Waals surface area contributed by atoms with E-state index in [2.05, 4.69) is 37.7 Å². The maximum Gasteiger partial charge on any atom is 0.294 e. The summed E-state index contributed by atoms with van der Waals surface area (Å²) in [5.41, 5.74) is 1.89. The van der Waals surface area contributed by atoms with Crippen LogP contribution in [0.3, 0.4) is 0 Å². The minimum Gasteiger partial charge on any atom is -0.365 e. The number of benzene rings is 1. The molecule has 0 fully saturated rings. The molecule has 8 heteroatoms. The van der Waals surface area contributed by atoms with Crippen LogP contribution in [-0.2, 0) is 19.5 Å². The van der Waals surface area contributed by atoms with Crippen molar-refractivity contribution in [3.63, 3.8) is 0 Å². The fourth-order valence-corrected chi connectivity index (χ4v) is 3.61. The molecule has 0 amide bonds. The maximum absolute atomic E-state index is 12.8. The lowest BCUT2D eigenvalue weighted by Gasteiger charge is -2.12. The van der Waals surface area contributed by atoms with Crippen molar-refractivity contribution >= 4 is 28.2 Å². The van der Waals surface area contributed by atoms with Crippen LogP contribution in [-0.4, -0.2) is 32.6 Å². The first-order chi connectivity index (χ1) is 15.2. The van der Waals surface area contributed by atoms with Crippen molar-refractivity contribution < 1.29 is 0 Å². The van der Waals surface area contributed by atoms with Gasteiger partial charge in [0.25, 0.3) is 5.56 Å².